The van der Waals surface area contributed by atoms with Gasteiger partial charge in [0.05, 0.1) is 0 Å². The molecule has 5 nitrogen and oxygen atoms in total. The van der Waals surface area contributed by atoms with Crippen molar-refractivity contribution >= 4 is 11.8 Å². The highest BCUT2D eigenvalue weighted by molar-refractivity contribution is 5.79. The number of ether oxygens (including phenoxy) is 1. The highest BCUT2D eigenvalue weighted by Gasteiger charge is 2.21. The van der Waals surface area contributed by atoms with Gasteiger partial charge in [0.25, 0.3) is 0 Å². The first-order chi connectivity index (χ1) is 7.23. The van der Waals surface area contributed by atoms with Gasteiger partial charge in [-0.05, 0) is 26.2 Å². The zero-order chi connectivity index (χ0) is 12.8. The van der Waals surface area contributed by atoms with Gasteiger partial charge in [-0.2, -0.15) is 0 Å². The molecule has 0 spiro atoms. The van der Waals surface area contributed by atoms with E-state index >= 15 is 0 Å². The average Bonchev–Trinajstić information content (AvgIpc) is 1.98. The Bertz CT molecular complexity index is 250. The lowest BCUT2D eigenvalue weighted by molar-refractivity contribution is -0.130. The molecular formula is C11H22N2O3. The third-order valence-corrected chi connectivity index (χ3v) is 1.87. The fourth-order valence-electron chi connectivity index (χ4n) is 1.73. The Hall–Kier alpha value is -1.10. The lowest BCUT2D eigenvalue weighted by Gasteiger charge is -2.28. The number of nitrogens with two attached hydrogens (primary N) is 1. The normalized spacial score (nSPS) is 11.6. The van der Waals surface area contributed by atoms with Crippen LogP contribution in [-0.2, 0) is 14.3 Å². The van der Waals surface area contributed by atoms with Crippen LogP contribution in [0.15, 0.2) is 0 Å². The third kappa shape index (κ3) is 8.23. The maximum Gasteiger partial charge on any atom is 0.246 e. The largest absolute Gasteiger partial charge is 0.368 e. The molecule has 0 aromatic rings. The fraction of sp³-hybridized carbons (Fsp3) is 0.818. The molecule has 5 heteroatoms. The van der Waals surface area contributed by atoms with E-state index in [0.29, 0.717) is 5.92 Å². The third-order valence-electron chi connectivity index (χ3n) is 1.87. The molecule has 0 heterocycles. The molecule has 0 bridgehead atoms. The summed E-state index contributed by atoms with van der Waals surface area (Å²) in [6.07, 6.45) is 0.883. The maximum atomic E-state index is 11.4. The van der Waals surface area contributed by atoms with Crippen LogP contribution in [0.4, 0.5) is 0 Å². The Balaban J connectivity index is 3.89. The molecule has 0 fully saturated rings. The number of hydrogen-bond donors (Lipinski definition) is 2. The molecule has 0 aromatic carbocycles. The highest BCUT2D eigenvalue weighted by Crippen LogP contribution is 2.15. The van der Waals surface area contributed by atoms with Crippen molar-refractivity contribution in [3.05, 3.63) is 0 Å². The van der Waals surface area contributed by atoms with Gasteiger partial charge in [-0.15, -0.1) is 0 Å². The van der Waals surface area contributed by atoms with Gasteiger partial charge >= 0.3 is 0 Å². The Morgan fingerprint density at radius 2 is 1.88 bits per heavy atom. The first-order valence-electron chi connectivity index (χ1n) is 5.40. The number of carbonyl (C=O) groups is 2. The van der Waals surface area contributed by atoms with Gasteiger partial charge in [0, 0.05) is 5.54 Å². The summed E-state index contributed by atoms with van der Waals surface area (Å²) >= 11 is 0. The molecule has 0 unspecified atom stereocenters. The van der Waals surface area contributed by atoms with Crippen molar-refractivity contribution in [2.24, 2.45) is 11.7 Å². The summed E-state index contributed by atoms with van der Waals surface area (Å²) < 4.78 is 4.82. The number of carbonyl (C=O) groups excluding carboxylic acids is 2. The van der Waals surface area contributed by atoms with Crippen molar-refractivity contribution in [1.82, 2.24) is 5.32 Å². The predicted molar refractivity (Wildman–Crippen MR) is 61.7 cm³/mol. The van der Waals surface area contributed by atoms with Crippen LogP contribution in [0.2, 0.25) is 0 Å². The Morgan fingerprint density at radius 1 is 1.31 bits per heavy atom. The standard InChI is InChI=1S/C11H22N2O3/c1-8(2)5-11(3,4)13-10(15)7-16-6-9(12)14/h8H,5-7H2,1-4H3,(H2,12,14)(H,13,15). The second-order valence-electron chi connectivity index (χ2n) is 4.99. The lowest BCUT2D eigenvalue weighted by Crippen LogP contribution is -2.46. The summed E-state index contributed by atoms with van der Waals surface area (Å²) in [5, 5.41) is 2.85. The zero-order valence-corrected chi connectivity index (χ0v) is 10.5. The molecule has 0 saturated carbocycles. The molecule has 0 rings (SSSR count). The first kappa shape index (κ1) is 14.9. The van der Waals surface area contributed by atoms with E-state index in [0.717, 1.165) is 6.42 Å². The SMILES string of the molecule is CC(C)CC(C)(C)NC(=O)COCC(N)=O. The molecule has 0 radical (unpaired) electrons. The molecule has 0 aliphatic rings. The summed E-state index contributed by atoms with van der Waals surface area (Å²) in [5.74, 6) is -0.303. The Labute approximate surface area is 96.7 Å². The molecule has 0 atom stereocenters. The molecule has 0 aliphatic heterocycles. The smallest absolute Gasteiger partial charge is 0.246 e. The summed E-state index contributed by atoms with van der Waals surface area (Å²) in [5.41, 5.74) is 4.61. The molecule has 3 N–H and O–H groups in total. The van der Waals surface area contributed by atoms with Crippen molar-refractivity contribution in [2.45, 2.75) is 39.7 Å². The summed E-state index contributed by atoms with van der Waals surface area (Å²) in [6.45, 7) is 7.75. The molecule has 0 saturated heterocycles. The second-order valence-corrected chi connectivity index (χ2v) is 4.99. The van der Waals surface area contributed by atoms with Gasteiger partial charge in [-0.3, -0.25) is 9.59 Å². The average molecular weight is 230 g/mol. The molecule has 2 amide bonds. The van der Waals surface area contributed by atoms with Crippen molar-refractivity contribution in [1.29, 1.82) is 0 Å². The van der Waals surface area contributed by atoms with Crippen LogP contribution >= 0.6 is 0 Å². The number of hydrogen-bond acceptors (Lipinski definition) is 3. The summed E-state index contributed by atoms with van der Waals surface area (Å²) in [7, 11) is 0. The Morgan fingerprint density at radius 3 is 2.31 bits per heavy atom. The number of primary amides is 1. The van der Waals surface area contributed by atoms with Gasteiger partial charge in [0.2, 0.25) is 11.8 Å². The van der Waals surface area contributed by atoms with Gasteiger partial charge in [0.15, 0.2) is 0 Å². The van der Waals surface area contributed by atoms with Gasteiger partial charge in [-0.25, -0.2) is 0 Å². The van der Waals surface area contributed by atoms with E-state index in [1.807, 2.05) is 13.8 Å². The molecule has 16 heavy (non-hydrogen) atoms. The van der Waals surface area contributed by atoms with Crippen LogP contribution < -0.4 is 11.1 Å². The van der Waals surface area contributed by atoms with Crippen LogP contribution in [0.3, 0.4) is 0 Å². The van der Waals surface area contributed by atoms with E-state index in [1.165, 1.54) is 0 Å². The highest BCUT2D eigenvalue weighted by atomic mass is 16.5. The zero-order valence-electron chi connectivity index (χ0n) is 10.5. The van der Waals surface area contributed by atoms with E-state index < -0.39 is 5.91 Å². The number of nitrogens with one attached hydrogen (secondary N) is 1. The van der Waals surface area contributed by atoms with Crippen molar-refractivity contribution in [2.75, 3.05) is 13.2 Å². The van der Waals surface area contributed by atoms with Crippen molar-refractivity contribution in [3.63, 3.8) is 0 Å². The summed E-state index contributed by atoms with van der Waals surface area (Å²) in [6, 6.07) is 0. The predicted octanol–water partition coefficient (Wildman–Crippen LogP) is 0.429. The van der Waals surface area contributed by atoms with E-state index in [2.05, 4.69) is 19.2 Å². The second kappa shape index (κ2) is 6.48. The minimum Gasteiger partial charge on any atom is -0.368 e. The van der Waals surface area contributed by atoms with Crippen LogP contribution in [0.25, 0.3) is 0 Å². The number of amides is 2. The maximum absolute atomic E-state index is 11.4. The molecule has 0 aromatic heterocycles. The van der Waals surface area contributed by atoms with Crippen molar-refractivity contribution in [3.8, 4) is 0 Å². The molecule has 94 valence electrons. The van der Waals surface area contributed by atoms with Crippen molar-refractivity contribution < 1.29 is 14.3 Å². The summed E-state index contributed by atoms with van der Waals surface area (Å²) in [4.78, 5) is 21.8. The molecule has 0 aliphatic carbocycles. The van der Waals surface area contributed by atoms with E-state index in [-0.39, 0.29) is 24.7 Å². The first-order valence-corrected chi connectivity index (χ1v) is 5.40. The van der Waals surface area contributed by atoms with Crippen LogP contribution in [0.1, 0.15) is 34.1 Å². The van der Waals surface area contributed by atoms with E-state index in [1.54, 1.807) is 0 Å². The van der Waals surface area contributed by atoms with Crippen LogP contribution in [-0.4, -0.2) is 30.6 Å². The lowest BCUT2D eigenvalue weighted by atomic mass is 9.93. The van der Waals surface area contributed by atoms with Gasteiger partial charge < -0.3 is 15.8 Å². The quantitative estimate of drug-likeness (QED) is 0.665. The minimum absolute atomic E-state index is 0.134. The minimum atomic E-state index is -0.575. The molecular weight excluding hydrogens is 208 g/mol. The van der Waals surface area contributed by atoms with Crippen LogP contribution in [0, 0.1) is 5.92 Å². The topological polar surface area (TPSA) is 81.4 Å². The van der Waals surface area contributed by atoms with Gasteiger partial charge in [0.1, 0.15) is 13.2 Å². The fourth-order valence-corrected chi connectivity index (χ4v) is 1.73. The van der Waals surface area contributed by atoms with Gasteiger partial charge in [-0.1, -0.05) is 13.8 Å². The monoisotopic (exact) mass is 230 g/mol. The van der Waals surface area contributed by atoms with E-state index in [4.69, 9.17) is 10.5 Å². The van der Waals surface area contributed by atoms with Crippen LogP contribution in [0.5, 0.6) is 0 Å². The Kier molecular flexibility index (Phi) is 6.03. The number of rotatable bonds is 7. The van der Waals surface area contributed by atoms with E-state index in [9.17, 15) is 9.59 Å².